The molecule has 0 aliphatic carbocycles. The number of unbranched alkanes of at least 4 members (excludes halogenated alkanes) is 3. The zero-order valence-electron chi connectivity index (χ0n) is 18.9. The summed E-state index contributed by atoms with van der Waals surface area (Å²) in [5.74, 6) is 0.985. The predicted octanol–water partition coefficient (Wildman–Crippen LogP) is 6.20. The zero-order chi connectivity index (χ0) is 21.9. The van der Waals surface area contributed by atoms with Gasteiger partial charge in [0.15, 0.2) is 0 Å². The van der Waals surface area contributed by atoms with Crippen molar-refractivity contribution in [1.82, 2.24) is 15.4 Å². The summed E-state index contributed by atoms with van der Waals surface area (Å²) in [6, 6.07) is 16.4. The molecule has 3 rings (SSSR count). The van der Waals surface area contributed by atoms with Crippen LogP contribution in [0.5, 0.6) is 11.6 Å². The van der Waals surface area contributed by atoms with Gasteiger partial charge in [-0.05, 0) is 41.2 Å². The van der Waals surface area contributed by atoms with Gasteiger partial charge in [0.2, 0.25) is 5.75 Å². The topological polar surface area (TPSA) is 57.1 Å². The molecule has 0 aliphatic heterocycles. The molecule has 0 fully saturated rings. The van der Waals surface area contributed by atoms with Crippen molar-refractivity contribution in [2.75, 3.05) is 6.61 Å². The number of aromatic nitrogens is 3. The Balaban J connectivity index is 1.95. The van der Waals surface area contributed by atoms with E-state index < -0.39 is 0 Å². The Morgan fingerprint density at radius 2 is 1.61 bits per heavy atom. The van der Waals surface area contributed by atoms with Crippen molar-refractivity contribution in [2.45, 2.75) is 65.9 Å². The number of rotatable bonds is 12. The van der Waals surface area contributed by atoms with Gasteiger partial charge in [-0.2, -0.15) is 0 Å². The van der Waals surface area contributed by atoms with Crippen molar-refractivity contribution >= 4 is 0 Å². The summed E-state index contributed by atoms with van der Waals surface area (Å²) in [6.07, 6.45) is 6.40. The predicted molar refractivity (Wildman–Crippen MR) is 124 cm³/mol. The van der Waals surface area contributed by atoms with E-state index in [0.717, 1.165) is 36.8 Å². The standard InChI is InChI=1S/C26H33N3O2/c1-4-7-8-12-18-30-26-25(31-19-20-14-10-9-11-15-20)24(27-29-28-26)23-17-13-16-21(5-2)22(23)6-3/h9-11,13-17H,4-8,12,18-19H2,1-3H3. The van der Waals surface area contributed by atoms with Gasteiger partial charge >= 0.3 is 0 Å². The third-order valence-corrected chi connectivity index (χ3v) is 5.41. The van der Waals surface area contributed by atoms with E-state index in [1.54, 1.807) is 0 Å². The third-order valence-electron chi connectivity index (χ3n) is 5.41. The molecule has 5 nitrogen and oxygen atoms in total. The lowest BCUT2D eigenvalue weighted by Crippen LogP contribution is -2.08. The summed E-state index contributed by atoms with van der Waals surface area (Å²) in [6.45, 7) is 7.56. The van der Waals surface area contributed by atoms with Gasteiger partial charge in [-0.1, -0.05) is 93.7 Å². The van der Waals surface area contributed by atoms with E-state index in [-0.39, 0.29) is 0 Å². The lowest BCUT2D eigenvalue weighted by atomic mass is 9.95. The second-order valence-electron chi connectivity index (χ2n) is 7.61. The first-order valence-electron chi connectivity index (χ1n) is 11.4. The molecule has 3 aromatic rings. The van der Waals surface area contributed by atoms with Gasteiger partial charge in [0, 0.05) is 5.56 Å². The van der Waals surface area contributed by atoms with E-state index in [2.05, 4.69) is 54.4 Å². The van der Waals surface area contributed by atoms with Crippen LogP contribution in [0.4, 0.5) is 0 Å². The minimum atomic E-state index is 0.418. The number of nitrogens with zero attached hydrogens (tertiary/aromatic N) is 3. The maximum Gasteiger partial charge on any atom is 0.280 e. The first-order valence-corrected chi connectivity index (χ1v) is 11.4. The molecule has 0 saturated heterocycles. The maximum atomic E-state index is 6.27. The molecule has 0 amide bonds. The normalized spacial score (nSPS) is 10.8. The Bertz CT molecular complexity index is 945. The third kappa shape index (κ3) is 6.03. The Morgan fingerprint density at radius 3 is 2.35 bits per heavy atom. The fourth-order valence-corrected chi connectivity index (χ4v) is 3.73. The largest absolute Gasteiger partial charge is 0.481 e. The van der Waals surface area contributed by atoms with Crippen molar-refractivity contribution in [3.05, 3.63) is 65.2 Å². The summed E-state index contributed by atoms with van der Waals surface area (Å²) in [5.41, 5.74) is 5.40. The quantitative estimate of drug-likeness (QED) is 0.327. The molecule has 0 radical (unpaired) electrons. The summed E-state index contributed by atoms with van der Waals surface area (Å²) in [5, 5.41) is 12.6. The minimum absolute atomic E-state index is 0.418. The second kappa shape index (κ2) is 12.0. The SMILES string of the molecule is CCCCCCOc1nnnc(-c2cccc(CC)c2CC)c1OCc1ccccc1. The Morgan fingerprint density at radius 1 is 0.774 bits per heavy atom. The Hall–Kier alpha value is -2.95. The van der Waals surface area contributed by atoms with E-state index in [0.29, 0.717) is 30.5 Å². The molecule has 5 heteroatoms. The molecule has 0 saturated carbocycles. The van der Waals surface area contributed by atoms with E-state index in [1.807, 2.05) is 30.3 Å². The van der Waals surface area contributed by atoms with E-state index in [1.165, 1.54) is 24.0 Å². The van der Waals surface area contributed by atoms with Crippen LogP contribution in [0.1, 0.15) is 63.1 Å². The first kappa shape index (κ1) is 22.7. The van der Waals surface area contributed by atoms with Crippen molar-refractivity contribution in [3.8, 4) is 22.9 Å². The van der Waals surface area contributed by atoms with Crippen LogP contribution >= 0.6 is 0 Å². The van der Waals surface area contributed by atoms with Crippen molar-refractivity contribution in [3.63, 3.8) is 0 Å². The van der Waals surface area contributed by atoms with Crippen LogP contribution in [0.2, 0.25) is 0 Å². The fraction of sp³-hybridized carbons (Fsp3) is 0.423. The van der Waals surface area contributed by atoms with Crippen LogP contribution < -0.4 is 9.47 Å². The molecule has 1 heterocycles. The van der Waals surface area contributed by atoms with E-state index >= 15 is 0 Å². The molecular formula is C26H33N3O2. The van der Waals surface area contributed by atoms with Crippen LogP contribution in [0.3, 0.4) is 0 Å². The molecule has 2 aromatic carbocycles. The zero-order valence-corrected chi connectivity index (χ0v) is 18.9. The van der Waals surface area contributed by atoms with Crippen molar-refractivity contribution < 1.29 is 9.47 Å². The molecule has 0 bridgehead atoms. The van der Waals surface area contributed by atoms with Gasteiger partial charge in [-0.15, -0.1) is 5.10 Å². The van der Waals surface area contributed by atoms with Crippen LogP contribution in [0.25, 0.3) is 11.3 Å². The molecular weight excluding hydrogens is 386 g/mol. The minimum Gasteiger partial charge on any atom is -0.481 e. The molecule has 164 valence electrons. The molecule has 0 N–H and O–H groups in total. The Labute approximate surface area is 185 Å². The van der Waals surface area contributed by atoms with E-state index in [4.69, 9.17) is 9.47 Å². The highest BCUT2D eigenvalue weighted by atomic mass is 16.5. The highest BCUT2D eigenvalue weighted by molar-refractivity contribution is 5.72. The first-order chi connectivity index (χ1) is 15.3. The van der Waals surface area contributed by atoms with Gasteiger partial charge in [0.05, 0.1) is 6.61 Å². The molecule has 0 unspecified atom stereocenters. The highest BCUT2D eigenvalue weighted by Crippen LogP contribution is 2.37. The highest BCUT2D eigenvalue weighted by Gasteiger charge is 2.20. The van der Waals surface area contributed by atoms with Crippen LogP contribution in [0.15, 0.2) is 48.5 Å². The van der Waals surface area contributed by atoms with Crippen molar-refractivity contribution in [2.24, 2.45) is 0 Å². The number of hydrogen-bond acceptors (Lipinski definition) is 5. The number of benzene rings is 2. The Kier molecular flexibility index (Phi) is 8.83. The van der Waals surface area contributed by atoms with E-state index in [9.17, 15) is 0 Å². The molecule has 0 aliphatic rings. The lowest BCUT2D eigenvalue weighted by Gasteiger charge is -2.17. The van der Waals surface area contributed by atoms with Crippen LogP contribution in [-0.2, 0) is 19.4 Å². The average Bonchev–Trinajstić information content (AvgIpc) is 2.82. The summed E-state index contributed by atoms with van der Waals surface area (Å²) < 4.78 is 12.3. The van der Waals surface area contributed by atoms with Gasteiger partial charge in [0.25, 0.3) is 5.88 Å². The van der Waals surface area contributed by atoms with Gasteiger partial charge in [-0.25, -0.2) is 0 Å². The number of aryl methyl sites for hydroxylation is 1. The second-order valence-corrected chi connectivity index (χ2v) is 7.61. The van der Waals surface area contributed by atoms with Gasteiger partial charge in [-0.3, -0.25) is 0 Å². The van der Waals surface area contributed by atoms with Gasteiger partial charge in [0.1, 0.15) is 12.3 Å². The average molecular weight is 420 g/mol. The maximum absolute atomic E-state index is 6.27. The monoisotopic (exact) mass is 419 g/mol. The lowest BCUT2D eigenvalue weighted by molar-refractivity contribution is 0.244. The van der Waals surface area contributed by atoms with Crippen molar-refractivity contribution in [1.29, 1.82) is 0 Å². The molecule has 0 spiro atoms. The molecule has 0 atom stereocenters. The summed E-state index contributed by atoms with van der Waals surface area (Å²) in [7, 11) is 0. The smallest absolute Gasteiger partial charge is 0.280 e. The summed E-state index contributed by atoms with van der Waals surface area (Å²) in [4.78, 5) is 0. The number of hydrogen-bond donors (Lipinski definition) is 0. The fourth-order valence-electron chi connectivity index (χ4n) is 3.73. The summed E-state index contributed by atoms with van der Waals surface area (Å²) >= 11 is 0. The van der Waals surface area contributed by atoms with Crippen LogP contribution in [-0.4, -0.2) is 22.0 Å². The van der Waals surface area contributed by atoms with Crippen LogP contribution in [0, 0.1) is 0 Å². The number of ether oxygens (including phenoxy) is 2. The molecule has 1 aromatic heterocycles. The van der Waals surface area contributed by atoms with Gasteiger partial charge < -0.3 is 9.47 Å². The molecule has 31 heavy (non-hydrogen) atoms.